The van der Waals surface area contributed by atoms with E-state index in [1.165, 1.54) is 11.3 Å². The van der Waals surface area contributed by atoms with E-state index in [4.69, 9.17) is 11.3 Å². The minimum Gasteiger partial charge on any atom is -0.446 e. The van der Waals surface area contributed by atoms with E-state index in [0.29, 0.717) is 17.5 Å². The molecule has 1 unspecified atom stereocenters. The number of aromatic nitrogens is 2. The van der Waals surface area contributed by atoms with Gasteiger partial charge >= 0.3 is 6.09 Å². The first-order valence-corrected chi connectivity index (χ1v) is 15.9. The molecule has 0 bridgehead atoms. The zero-order valence-electron chi connectivity index (χ0n) is 25.5. The molecule has 0 spiro atoms. The number of piperidine rings is 1. The highest BCUT2D eigenvalue weighted by Crippen LogP contribution is 2.52. The van der Waals surface area contributed by atoms with Crippen molar-refractivity contribution < 1.29 is 9.53 Å². The molecule has 0 radical (unpaired) electrons. The normalized spacial score (nSPS) is 22.9. The molecular weight excluding hydrogens is 536 g/mol. The molecule has 3 aromatic rings. The molecule has 8 nitrogen and oxygen atoms in total. The van der Waals surface area contributed by atoms with Crippen LogP contribution in [0.5, 0.6) is 0 Å². The number of imidazole rings is 1. The number of nitrogens with one attached hydrogen (secondary N) is 1. The average molecular weight is 581 g/mol. The third-order valence-corrected chi connectivity index (χ3v) is 10.4. The number of likely N-dealkylation sites (tertiary alicyclic amines) is 1. The van der Waals surface area contributed by atoms with Gasteiger partial charge in [-0.2, -0.15) is 0 Å². The van der Waals surface area contributed by atoms with Crippen molar-refractivity contribution in [3.63, 3.8) is 0 Å². The Morgan fingerprint density at radius 2 is 1.81 bits per heavy atom. The number of rotatable bonds is 9. The summed E-state index contributed by atoms with van der Waals surface area (Å²) in [5.74, 6) is 2.40. The Hall–Kier alpha value is -3.83. The van der Waals surface area contributed by atoms with E-state index in [9.17, 15) is 4.79 Å². The molecule has 3 aliphatic rings. The number of anilines is 1. The summed E-state index contributed by atoms with van der Waals surface area (Å²) >= 11 is 0. The van der Waals surface area contributed by atoms with Crippen LogP contribution in [0.1, 0.15) is 43.5 Å². The second kappa shape index (κ2) is 12.8. The lowest BCUT2D eigenvalue weighted by molar-refractivity contribution is 0.00180. The Morgan fingerprint density at radius 3 is 2.47 bits per heavy atom. The molecule has 1 aliphatic carbocycles. The van der Waals surface area contributed by atoms with Crippen molar-refractivity contribution in [1.82, 2.24) is 19.8 Å². The van der Waals surface area contributed by atoms with E-state index in [1.54, 1.807) is 7.05 Å². The smallest absolute Gasteiger partial charge is 0.407 e. The fourth-order valence-electron chi connectivity index (χ4n) is 8.17. The zero-order valence-corrected chi connectivity index (χ0v) is 25.5. The number of ether oxygens (including phenoxy) is 1. The van der Waals surface area contributed by atoms with Crippen molar-refractivity contribution in [1.29, 1.82) is 0 Å². The number of carbonyl (C=O) groups excluding carboxylic acids is 1. The monoisotopic (exact) mass is 580 g/mol. The molecule has 1 aromatic heterocycles. The quantitative estimate of drug-likeness (QED) is 0.312. The van der Waals surface area contributed by atoms with E-state index in [1.807, 2.05) is 18.3 Å². The molecule has 2 saturated heterocycles. The summed E-state index contributed by atoms with van der Waals surface area (Å²) in [6.45, 7) is 15.6. The minimum atomic E-state index is -0.329. The van der Waals surface area contributed by atoms with E-state index >= 15 is 0 Å². The third kappa shape index (κ3) is 6.01. The Balaban J connectivity index is 1.20. The second-order valence-electron chi connectivity index (χ2n) is 12.7. The number of carbonyl (C=O) groups is 1. The van der Waals surface area contributed by atoms with Crippen LogP contribution in [-0.2, 0) is 16.7 Å². The van der Waals surface area contributed by atoms with Gasteiger partial charge in [0, 0.05) is 68.6 Å². The van der Waals surface area contributed by atoms with Crippen LogP contribution in [0.15, 0.2) is 67.0 Å². The van der Waals surface area contributed by atoms with Crippen LogP contribution in [0.2, 0.25) is 0 Å². The van der Waals surface area contributed by atoms with Crippen molar-refractivity contribution in [2.24, 2.45) is 17.8 Å². The number of alkyl carbamates (subject to hydrolysis) is 1. The van der Waals surface area contributed by atoms with Gasteiger partial charge in [-0.3, -0.25) is 0 Å². The lowest BCUT2D eigenvalue weighted by Gasteiger charge is -2.51. The maximum atomic E-state index is 12.5. The number of hydrogen-bond acceptors (Lipinski definition) is 5. The topological polar surface area (TPSA) is 67.0 Å². The van der Waals surface area contributed by atoms with Gasteiger partial charge < -0.3 is 24.4 Å². The van der Waals surface area contributed by atoms with Gasteiger partial charge in [0.1, 0.15) is 11.9 Å². The van der Waals surface area contributed by atoms with Crippen molar-refractivity contribution in [2.75, 3.05) is 44.7 Å². The Kier molecular flexibility index (Phi) is 8.71. The number of hydrogen-bond donors (Lipinski definition) is 1. The predicted octanol–water partition coefficient (Wildman–Crippen LogP) is 6.05. The van der Waals surface area contributed by atoms with Crippen molar-refractivity contribution in [3.05, 3.63) is 89.8 Å². The molecule has 3 heterocycles. The highest BCUT2D eigenvalue weighted by molar-refractivity contribution is 5.67. The summed E-state index contributed by atoms with van der Waals surface area (Å²) in [7, 11) is 1.65. The van der Waals surface area contributed by atoms with Crippen molar-refractivity contribution in [3.8, 4) is 0 Å². The van der Waals surface area contributed by atoms with Crippen molar-refractivity contribution in [2.45, 2.75) is 57.1 Å². The van der Waals surface area contributed by atoms with Gasteiger partial charge in [-0.1, -0.05) is 42.5 Å². The fourth-order valence-corrected chi connectivity index (χ4v) is 8.17. The van der Waals surface area contributed by atoms with Gasteiger partial charge in [0.05, 0.1) is 6.57 Å². The van der Waals surface area contributed by atoms with Crippen LogP contribution in [0, 0.1) is 31.2 Å². The third-order valence-electron chi connectivity index (χ3n) is 10.4. The van der Waals surface area contributed by atoms with Crippen LogP contribution < -0.4 is 10.2 Å². The summed E-state index contributed by atoms with van der Waals surface area (Å²) in [5, 5.41) is 2.69. The van der Waals surface area contributed by atoms with Crippen LogP contribution in [0.4, 0.5) is 16.2 Å². The summed E-state index contributed by atoms with van der Waals surface area (Å²) < 4.78 is 8.41. The molecule has 1 saturated carbocycles. The molecule has 2 aromatic carbocycles. The molecule has 1 N–H and O–H groups in total. The Morgan fingerprint density at radius 1 is 1.07 bits per heavy atom. The van der Waals surface area contributed by atoms with Gasteiger partial charge in [-0.05, 0) is 75.7 Å². The average Bonchev–Trinajstić information content (AvgIpc) is 3.66. The number of benzene rings is 2. The van der Waals surface area contributed by atoms with E-state index in [2.05, 4.69) is 85.1 Å². The lowest BCUT2D eigenvalue weighted by Crippen LogP contribution is -2.55. The second-order valence-corrected chi connectivity index (χ2v) is 12.7. The molecule has 1 amide bonds. The molecule has 226 valence electrons. The van der Waals surface area contributed by atoms with Gasteiger partial charge in [0.2, 0.25) is 0 Å². The summed E-state index contributed by atoms with van der Waals surface area (Å²) in [6.07, 6.45) is 8.87. The van der Waals surface area contributed by atoms with Crippen LogP contribution in [0.3, 0.4) is 0 Å². The molecule has 3 atom stereocenters. The number of nitrogens with zero attached hydrogens (tertiary/aromatic N) is 5. The number of aryl methyl sites for hydroxylation is 1. The molecule has 3 fully saturated rings. The van der Waals surface area contributed by atoms with Gasteiger partial charge in [0.15, 0.2) is 5.69 Å². The number of amides is 1. The van der Waals surface area contributed by atoms with Gasteiger partial charge in [-0.25, -0.2) is 14.6 Å². The molecule has 43 heavy (non-hydrogen) atoms. The molecule has 6 rings (SSSR count). The minimum absolute atomic E-state index is 0.105. The first-order chi connectivity index (χ1) is 21.0. The van der Waals surface area contributed by atoms with Crippen LogP contribution in [0.25, 0.3) is 4.85 Å². The summed E-state index contributed by atoms with van der Waals surface area (Å²) in [5.41, 5.74) is 3.11. The summed E-state index contributed by atoms with van der Waals surface area (Å²) in [4.78, 5) is 25.7. The van der Waals surface area contributed by atoms with E-state index < -0.39 is 0 Å². The standard InChI is InChI=1S/C35H44N6O2/c1-26-38-18-21-40(26)25-35(28-8-5-4-6-9-28,32-10-7-11-33(32)43-34(42)37-3)29-16-19-39(20-17-29)22-27-23-41(24-27)31-14-12-30(36-2)13-15-31/h4-6,8-9,12-15,18,21,27,29,32-33H,7,10-11,16-17,19-20,22-25H2,1,3H3,(H,37,42)/t32-,33-,35?/m0/s1. The van der Waals surface area contributed by atoms with Crippen LogP contribution >= 0.6 is 0 Å². The zero-order chi connectivity index (χ0) is 29.8. The van der Waals surface area contributed by atoms with Gasteiger partial charge in [0.25, 0.3) is 0 Å². The highest BCUT2D eigenvalue weighted by Gasteiger charge is 2.53. The first kappa shape index (κ1) is 29.3. The molecule has 2 aliphatic heterocycles. The Labute approximate surface area is 255 Å². The highest BCUT2D eigenvalue weighted by atomic mass is 16.6. The maximum Gasteiger partial charge on any atom is 0.407 e. The predicted molar refractivity (Wildman–Crippen MR) is 169 cm³/mol. The largest absolute Gasteiger partial charge is 0.446 e. The summed E-state index contributed by atoms with van der Waals surface area (Å²) in [6, 6.07) is 19.0. The van der Waals surface area contributed by atoms with Gasteiger partial charge in [-0.15, -0.1) is 0 Å². The first-order valence-electron chi connectivity index (χ1n) is 15.9. The lowest BCUT2D eigenvalue weighted by atomic mass is 9.58. The van der Waals surface area contributed by atoms with Crippen LogP contribution in [-0.4, -0.2) is 66.4 Å². The Bertz CT molecular complexity index is 1400. The van der Waals surface area contributed by atoms with Crippen molar-refractivity contribution >= 4 is 17.5 Å². The van der Waals surface area contributed by atoms with E-state index in [0.717, 1.165) is 77.2 Å². The molecular formula is C35H44N6O2. The van der Waals surface area contributed by atoms with E-state index in [-0.39, 0.29) is 23.5 Å². The fraction of sp³-hybridized carbons (Fsp3) is 0.514. The maximum absolute atomic E-state index is 12.5. The molecule has 8 heteroatoms. The SMILES string of the molecule is [C-]#[N+]c1ccc(N2CC(CN3CCC(C(Cn4ccnc4C)(c4ccccc4)[C@H]4CCC[C@@H]4OC(=O)NC)CC3)C2)cc1.